The zero-order chi connectivity index (χ0) is 12.6. The van der Waals surface area contributed by atoms with Gasteiger partial charge in [0.2, 0.25) is 5.95 Å². The van der Waals surface area contributed by atoms with Gasteiger partial charge < -0.3 is 10.6 Å². The summed E-state index contributed by atoms with van der Waals surface area (Å²) in [6, 6.07) is 0. The van der Waals surface area contributed by atoms with Gasteiger partial charge in [-0.2, -0.15) is 4.98 Å². The topological polar surface area (TPSA) is 70.8 Å². The Balaban J connectivity index is 1.63. The van der Waals surface area contributed by atoms with E-state index < -0.39 is 0 Å². The number of nitrogens with zero attached hydrogens (tertiary/aromatic N) is 3. The lowest BCUT2D eigenvalue weighted by Crippen LogP contribution is -2.42. The first-order chi connectivity index (χ1) is 8.70. The first-order valence-corrected chi connectivity index (χ1v) is 7.07. The number of hydrogen-bond donors (Lipinski definition) is 2. The maximum atomic E-state index is 5.84. The molecular weight excluding hydrogens is 226 g/mol. The van der Waals surface area contributed by atoms with Gasteiger partial charge in [0.25, 0.3) is 0 Å². The number of H-pyrrole nitrogens is 1. The van der Waals surface area contributed by atoms with Crippen LogP contribution in [0.25, 0.3) is 0 Å². The third-order valence-corrected chi connectivity index (χ3v) is 4.73. The van der Waals surface area contributed by atoms with Crippen molar-refractivity contribution in [3.63, 3.8) is 0 Å². The van der Waals surface area contributed by atoms with E-state index in [0.717, 1.165) is 44.2 Å². The summed E-state index contributed by atoms with van der Waals surface area (Å²) in [5.74, 6) is 2.60. The van der Waals surface area contributed by atoms with Crippen LogP contribution in [0.1, 0.15) is 50.8 Å². The van der Waals surface area contributed by atoms with Crippen LogP contribution in [0.15, 0.2) is 0 Å². The van der Waals surface area contributed by atoms with Crippen LogP contribution in [-0.4, -0.2) is 34.8 Å². The van der Waals surface area contributed by atoms with Gasteiger partial charge in [0.05, 0.1) is 0 Å². The normalized spacial score (nSPS) is 24.0. The molecule has 3 rings (SSSR count). The second-order valence-corrected chi connectivity index (χ2v) is 6.15. The number of nitrogens with two attached hydrogens (primary N) is 1. The van der Waals surface area contributed by atoms with E-state index in [4.69, 9.17) is 5.73 Å². The monoisotopic (exact) mass is 249 g/mol. The molecule has 1 aliphatic carbocycles. The highest BCUT2D eigenvalue weighted by molar-refractivity contribution is 5.30. The van der Waals surface area contributed by atoms with Crippen molar-refractivity contribution in [3.8, 4) is 0 Å². The lowest BCUT2D eigenvalue weighted by atomic mass is 9.81. The van der Waals surface area contributed by atoms with Crippen molar-refractivity contribution >= 4 is 5.95 Å². The molecule has 0 spiro atoms. The van der Waals surface area contributed by atoms with Gasteiger partial charge in [0.15, 0.2) is 0 Å². The van der Waals surface area contributed by atoms with Crippen molar-refractivity contribution in [1.29, 1.82) is 0 Å². The summed E-state index contributed by atoms with van der Waals surface area (Å²) < 4.78 is 0. The maximum Gasteiger partial charge on any atom is 0.244 e. The molecule has 1 aromatic rings. The fourth-order valence-corrected chi connectivity index (χ4v) is 2.72. The molecule has 5 heteroatoms. The summed E-state index contributed by atoms with van der Waals surface area (Å²) in [5, 5.41) is 7.49. The summed E-state index contributed by atoms with van der Waals surface area (Å²) in [5.41, 5.74) is 6.14. The highest BCUT2D eigenvalue weighted by Crippen LogP contribution is 2.35. The van der Waals surface area contributed by atoms with Gasteiger partial charge in [-0.15, -0.1) is 5.10 Å². The lowest BCUT2D eigenvalue weighted by Gasteiger charge is -2.38. The third kappa shape index (κ3) is 2.11. The van der Waals surface area contributed by atoms with Crippen molar-refractivity contribution in [3.05, 3.63) is 5.82 Å². The van der Waals surface area contributed by atoms with Gasteiger partial charge >= 0.3 is 0 Å². The average Bonchev–Trinajstić information content (AvgIpc) is 2.77. The molecule has 2 heterocycles. The average molecular weight is 249 g/mol. The van der Waals surface area contributed by atoms with Crippen LogP contribution in [0.5, 0.6) is 0 Å². The molecule has 0 atom stereocenters. The van der Waals surface area contributed by atoms with E-state index in [1.165, 1.54) is 19.3 Å². The molecular formula is C13H23N5. The number of rotatable bonds is 3. The van der Waals surface area contributed by atoms with Gasteiger partial charge in [0.1, 0.15) is 5.82 Å². The lowest BCUT2D eigenvalue weighted by molar-refractivity contribution is 0.257. The van der Waals surface area contributed by atoms with Gasteiger partial charge in [-0.1, -0.05) is 13.3 Å². The van der Waals surface area contributed by atoms with E-state index in [9.17, 15) is 0 Å². The highest BCUT2D eigenvalue weighted by Gasteiger charge is 2.31. The van der Waals surface area contributed by atoms with Gasteiger partial charge in [-0.3, -0.25) is 5.10 Å². The molecule has 0 amide bonds. The summed E-state index contributed by atoms with van der Waals surface area (Å²) in [7, 11) is 0. The predicted molar refractivity (Wildman–Crippen MR) is 71.6 cm³/mol. The van der Waals surface area contributed by atoms with Gasteiger partial charge in [-0.05, 0) is 37.6 Å². The molecule has 0 unspecified atom stereocenters. The smallest absolute Gasteiger partial charge is 0.244 e. The second kappa shape index (κ2) is 4.53. The van der Waals surface area contributed by atoms with E-state index in [2.05, 4.69) is 27.0 Å². The SMILES string of the molecule is CC1(CN)CCN(c2n[nH]c(C3CCC3)n2)CC1. The van der Waals surface area contributed by atoms with Crippen LogP contribution < -0.4 is 10.6 Å². The van der Waals surface area contributed by atoms with Crippen molar-refractivity contribution in [2.75, 3.05) is 24.5 Å². The number of hydrogen-bond acceptors (Lipinski definition) is 4. The number of piperidine rings is 1. The molecule has 3 N–H and O–H groups in total. The second-order valence-electron chi connectivity index (χ2n) is 6.15. The van der Waals surface area contributed by atoms with Crippen molar-refractivity contribution in [1.82, 2.24) is 15.2 Å². The molecule has 2 aliphatic rings. The Morgan fingerprint density at radius 1 is 1.39 bits per heavy atom. The largest absolute Gasteiger partial charge is 0.340 e. The molecule has 18 heavy (non-hydrogen) atoms. The molecule has 0 bridgehead atoms. The molecule has 0 radical (unpaired) electrons. The Labute approximate surface area is 108 Å². The Hall–Kier alpha value is -1.10. The van der Waals surface area contributed by atoms with Crippen molar-refractivity contribution < 1.29 is 0 Å². The Kier molecular flexibility index (Phi) is 3.01. The van der Waals surface area contributed by atoms with E-state index in [-0.39, 0.29) is 0 Å². The van der Waals surface area contributed by atoms with E-state index in [0.29, 0.717) is 11.3 Å². The minimum Gasteiger partial charge on any atom is -0.340 e. The quantitative estimate of drug-likeness (QED) is 0.854. The molecule has 5 nitrogen and oxygen atoms in total. The standard InChI is InChI=1S/C13H23N5/c1-13(9-14)5-7-18(8-6-13)12-15-11(16-17-12)10-3-2-4-10/h10H,2-9,14H2,1H3,(H,15,16,17). The Bertz CT molecular complexity index is 401. The fraction of sp³-hybridized carbons (Fsp3) is 0.846. The summed E-state index contributed by atoms with van der Waals surface area (Å²) in [6.45, 7) is 5.11. The molecule has 1 aliphatic heterocycles. The number of nitrogens with one attached hydrogen (secondary N) is 1. The van der Waals surface area contributed by atoms with Gasteiger partial charge in [-0.25, -0.2) is 0 Å². The summed E-state index contributed by atoms with van der Waals surface area (Å²) in [4.78, 5) is 6.95. The molecule has 1 saturated carbocycles. The first kappa shape index (κ1) is 12.0. The summed E-state index contributed by atoms with van der Waals surface area (Å²) >= 11 is 0. The minimum atomic E-state index is 0.309. The maximum absolute atomic E-state index is 5.84. The number of aromatic nitrogens is 3. The van der Waals surface area contributed by atoms with Crippen LogP contribution in [0.2, 0.25) is 0 Å². The molecule has 1 aromatic heterocycles. The molecule has 1 saturated heterocycles. The first-order valence-electron chi connectivity index (χ1n) is 7.07. The summed E-state index contributed by atoms with van der Waals surface area (Å²) in [6.07, 6.45) is 6.13. The molecule has 0 aromatic carbocycles. The molecule has 100 valence electrons. The number of anilines is 1. The number of aromatic amines is 1. The highest BCUT2D eigenvalue weighted by atomic mass is 15.4. The third-order valence-electron chi connectivity index (χ3n) is 4.73. The van der Waals surface area contributed by atoms with Crippen LogP contribution in [-0.2, 0) is 0 Å². The van der Waals surface area contributed by atoms with E-state index >= 15 is 0 Å². The van der Waals surface area contributed by atoms with E-state index in [1.54, 1.807) is 0 Å². The predicted octanol–water partition coefficient (Wildman–Crippen LogP) is 1.64. The zero-order valence-electron chi connectivity index (χ0n) is 11.2. The fourth-order valence-electron chi connectivity index (χ4n) is 2.72. The van der Waals surface area contributed by atoms with Crippen LogP contribution in [0.3, 0.4) is 0 Å². The molecule has 2 fully saturated rings. The van der Waals surface area contributed by atoms with Crippen LogP contribution in [0, 0.1) is 5.41 Å². The van der Waals surface area contributed by atoms with Crippen molar-refractivity contribution in [2.45, 2.75) is 44.9 Å². The zero-order valence-corrected chi connectivity index (χ0v) is 11.2. The van der Waals surface area contributed by atoms with Crippen molar-refractivity contribution in [2.24, 2.45) is 11.1 Å². The van der Waals surface area contributed by atoms with Crippen LogP contribution in [0.4, 0.5) is 5.95 Å². The van der Waals surface area contributed by atoms with Crippen LogP contribution >= 0.6 is 0 Å². The Morgan fingerprint density at radius 2 is 2.11 bits per heavy atom. The van der Waals surface area contributed by atoms with Gasteiger partial charge in [0, 0.05) is 19.0 Å². The minimum absolute atomic E-state index is 0.309. The van der Waals surface area contributed by atoms with E-state index in [1.807, 2.05) is 0 Å². The Morgan fingerprint density at radius 3 is 2.67 bits per heavy atom.